The summed E-state index contributed by atoms with van der Waals surface area (Å²) in [6, 6.07) is 14.4. The summed E-state index contributed by atoms with van der Waals surface area (Å²) in [5.41, 5.74) is 23.2. The van der Waals surface area contributed by atoms with Crippen LogP contribution < -0.4 is 72.2 Å². The van der Waals surface area contributed by atoms with Crippen LogP contribution in [0, 0.1) is 117 Å². The van der Waals surface area contributed by atoms with Gasteiger partial charge >= 0.3 is 11.4 Å². The van der Waals surface area contributed by atoms with Crippen molar-refractivity contribution in [3.63, 3.8) is 0 Å². The monoisotopic (exact) mass is 2620 g/mol. The molecule has 688 valence electrons. The molecule has 49 heteroatoms. The van der Waals surface area contributed by atoms with E-state index in [1.807, 2.05) is 86.8 Å². The third-order valence-corrected chi connectivity index (χ3v) is 28.6. The van der Waals surface area contributed by atoms with Gasteiger partial charge < -0.3 is 87.2 Å². The van der Waals surface area contributed by atoms with E-state index in [9.17, 15) is 84.8 Å². The molecule has 0 bridgehead atoms. The molecule has 0 heterocycles. The number of hydrogen-bond acceptors (Lipinski definition) is 27. The topological polar surface area (TPSA) is 544 Å². The van der Waals surface area contributed by atoms with E-state index < -0.39 is 32.7 Å². The van der Waals surface area contributed by atoms with E-state index in [0.717, 1.165) is 38.6 Å². The molecule has 13 N–H and O–H groups in total. The Morgan fingerprint density at radius 3 is 1.10 bits per heavy atom. The largest absolute Gasteiger partial charge is 0.506 e. The lowest BCUT2D eigenvalue weighted by Crippen LogP contribution is -2.22. The minimum Gasteiger partial charge on any atom is -0.506 e. The van der Waals surface area contributed by atoms with E-state index in [-0.39, 0.29) is 105 Å². The summed E-state index contributed by atoms with van der Waals surface area (Å²) in [6.07, 6.45) is 0. The molecule has 37 nitrogen and oxygen atoms in total. The molecule has 5 amide bonds. The van der Waals surface area contributed by atoms with E-state index in [0.29, 0.717) is 117 Å². The number of nitro groups is 5. The van der Waals surface area contributed by atoms with Gasteiger partial charge in [-0.1, -0.05) is 19.6 Å². The highest BCUT2D eigenvalue weighted by atomic mass is 127. The first-order valence-corrected chi connectivity index (χ1v) is 48.7. The highest BCUT2D eigenvalue weighted by Crippen LogP contribution is 2.49. The summed E-state index contributed by atoms with van der Waals surface area (Å²) >= 11 is 32.0. The maximum Gasteiger partial charge on any atom is 0.300 e. The van der Waals surface area contributed by atoms with Crippen LogP contribution >= 0.6 is 195 Å². The SMILES string of the molecule is CC(=O)Nc1c(I)c(Br)c(OCOCC[Si](C)(C)C)c(C)c1[N+](=O)[O-].CC(=O)Nc1cc(C)c(O)c(Br)c1.COc1c(Br)cc(N)c([N+](=O)[O-])c1C.COc1c(Br)cc(NC(C)=O)c([N+](=O)[O-])c1C.COc1c(C)c([N+](=O)[O-])c(N)c(I)c1Br.COc1c(C)c([N+](=O)[O-])c(NC(C)=O)c(I)c1Br.COc1c(C)cc(NC(C)=O)cc1Br.Cc1cc(N)cc(Br)c1O. The average molecular weight is 2630 g/mol. The predicted octanol–water partition coefficient (Wildman–Crippen LogP) is 23.1. The lowest BCUT2D eigenvalue weighted by molar-refractivity contribution is -0.384. The van der Waals surface area contributed by atoms with E-state index in [2.05, 4.69) is 174 Å². The Morgan fingerprint density at radius 2 is 0.730 bits per heavy atom. The Kier molecular flexibility index (Phi) is 49.7. The number of amides is 5. The van der Waals surface area contributed by atoms with Gasteiger partial charge in [-0.25, -0.2) is 0 Å². The number of nitrogen functional groups attached to an aromatic ring is 3. The van der Waals surface area contributed by atoms with Crippen molar-refractivity contribution in [3.8, 4) is 46.0 Å². The first-order chi connectivity index (χ1) is 58.2. The van der Waals surface area contributed by atoms with Crippen molar-refractivity contribution in [1.29, 1.82) is 0 Å². The smallest absolute Gasteiger partial charge is 0.300 e. The second-order valence-corrected chi connectivity index (χ2v) is 42.5. The molecule has 0 saturated carbocycles. The summed E-state index contributed by atoms with van der Waals surface area (Å²) < 4.78 is 43.2. The number of aryl methyl sites for hydroxylation is 3. The molecule has 8 aromatic rings. The first kappa shape index (κ1) is 116. The number of hydrogen-bond donors (Lipinski definition) is 10. The highest BCUT2D eigenvalue weighted by Gasteiger charge is 2.32. The third-order valence-electron chi connectivity index (χ3n) is 16.1. The second-order valence-electron chi connectivity index (χ2n) is 27.0. The Balaban J connectivity index is 0.000000729. The van der Waals surface area contributed by atoms with Crippen LogP contribution in [0.2, 0.25) is 25.7 Å². The number of aromatic hydroxyl groups is 2. The van der Waals surface area contributed by atoms with E-state index in [1.165, 1.54) is 75.2 Å². The number of nitrogens with one attached hydrogen (secondary N) is 5. The molecule has 0 unspecified atom stereocenters. The standard InChI is InChI=1S/C15H22BrIN2O5Si.C10H10BrIN2O4.C10H11BrN2O4.C10H12BrNO2.C9H10BrNO2.C8H8BrIN2O3.C8H9BrN2O3.C7H8BrNO/c1-9-14(19(21)22)13(18-10(2)20)12(17)11(16)15(9)24-8-23-6-7-25(3,4)5;1-4-9(14(16)17)8(13-5(2)15)7(12)6(11)10(4)18-3;1-5-9(13(15)16)8(12-6(2)14)4-7(11)10(5)17-3;1-6-4-8(12-7(2)13)5-9(11)10(6)14-3;1-5-3-7(11-6(2)12)4-8(10)9(5)13;1-3-7(12(13)14)6(11)5(10)4(9)8(3)15-2;1-4-7(11(12)13)6(10)3-5(9)8(4)14-2;1-4-2-5(9)3-6(8)7(4)10/h6-8H2,1-5H3,(H,18,20);1-3H3,(H,13,15);4H,1-3H3,(H,12,14);4-5H,1-3H3,(H,12,13);3-4,13H,1-2H3,(H,11,12);11H2,1-2H3;3H,10H2,1-2H3;2-3,10H,9H2,1H3. The highest BCUT2D eigenvalue weighted by molar-refractivity contribution is 14.1. The van der Waals surface area contributed by atoms with Crippen molar-refractivity contribution < 1.29 is 92.0 Å². The number of carbonyl (C=O) groups excluding carboxylic acids is 5. The Labute approximate surface area is 834 Å². The van der Waals surface area contributed by atoms with Gasteiger partial charge in [-0.15, -0.1) is 0 Å². The van der Waals surface area contributed by atoms with Gasteiger partial charge in [0.05, 0.1) is 134 Å². The van der Waals surface area contributed by atoms with Crippen LogP contribution in [0.5, 0.6) is 46.0 Å². The zero-order valence-corrected chi connectivity index (χ0v) is 91.4. The number of halogens is 11. The van der Waals surface area contributed by atoms with E-state index >= 15 is 0 Å². The van der Waals surface area contributed by atoms with Gasteiger partial charge in [0.15, 0.2) is 6.79 Å². The van der Waals surface area contributed by atoms with Crippen LogP contribution in [0.4, 0.5) is 73.9 Å². The van der Waals surface area contributed by atoms with Crippen molar-refractivity contribution in [2.75, 3.05) is 92.7 Å². The summed E-state index contributed by atoms with van der Waals surface area (Å²) in [5.74, 6) is 1.92. The number of phenols is 2. The summed E-state index contributed by atoms with van der Waals surface area (Å²) in [7, 11) is 6.21. The number of nitrogens with two attached hydrogens (primary N) is 3. The van der Waals surface area contributed by atoms with Crippen LogP contribution in [-0.2, 0) is 28.7 Å². The molecule has 0 aliphatic rings. The van der Waals surface area contributed by atoms with Crippen LogP contribution in [-0.4, -0.2) is 121 Å². The van der Waals surface area contributed by atoms with Gasteiger partial charge in [-0.05, 0) is 322 Å². The van der Waals surface area contributed by atoms with Crippen LogP contribution in [0.3, 0.4) is 0 Å². The number of nitro benzene ring substituents is 5. The van der Waals surface area contributed by atoms with Crippen molar-refractivity contribution in [2.45, 2.75) is 116 Å². The maximum absolute atomic E-state index is 11.5. The van der Waals surface area contributed by atoms with Gasteiger partial charge in [0.25, 0.3) is 17.1 Å². The molecule has 8 rings (SSSR count). The number of ether oxygens (including phenoxy) is 7. The Bertz CT molecular complexity index is 5380. The van der Waals surface area contributed by atoms with Crippen molar-refractivity contribution in [2.24, 2.45) is 0 Å². The minimum atomic E-state index is -1.18. The molecule has 0 fully saturated rings. The fourth-order valence-corrected chi connectivity index (χ4v) is 18.4. The van der Waals surface area contributed by atoms with Crippen LogP contribution in [0.25, 0.3) is 0 Å². The third kappa shape index (κ3) is 34.5. The predicted molar refractivity (Wildman–Crippen MR) is 543 cm³/mol. The average Bonchev–Trinajstić information content (AvgIpc) is 0.781. The summed E-state index contributed by atoms with van der Waals surface area (Å²) in [5, 5.41) is 86.5. The van der Waals surface area contributed by atoms with E-state index in [4.69, 9.17) is 50.4 Å². The number of methoxy groups -OCH3 is 5. The lowest BCUT2D eigenvalue weighted by Gasteiger charge is -2.18. The summed E-state index contributed by atoms with van der Waals surface area (Å²) in [6.45, 7) is 27.6. The molecule has 0 radical (unpaired) electrons. The molecular formula is C77H90Br8I3N13O24Si. The van der Waals surface area contributed by atoms with Crippen LogP contribution in [0.1, 0.15) is 79.1 Å². The Hall–Kier alpha value is -7.88. The number of carbonyl (C=O) groups is 5. The fourth-order valence-electron chi connectivity index (χ4n) is 10.6. The minimum absolute atomic E-state index is 0.0106. The summed E-state index contributed by atoms with van der Waals surface area (Å²) in [4.78, 5) is 108. The van der Waals surface area contributed by atoms with Gasteiger partial charge in [-0.2, -0.15) is 0 Å². The van der Waals surface area contributed by atoms with Crippen LogP contribution in [0.15, 0.2) is 84.3 Å². The quantitative estimate of drug-likeness (QED) is 0.00467. The lowest BCUT2D eigenvalue weighted by atomic mass is 10.1. The molecule has 0 aliphatic heterocycles. The molecule has 0 aliphatic carbocycles. The molecule has 8 aromatic carbocycles. The zero-order valence-electron chi connectivity index (χ0n) is 71.2. The maximum atomic E-state index is 11.5. The van der Waals surface area contributed by atoms with Gasteiger partial charge in [0, 0.05) is 66.4 Å². The zero-order chi connectivity index (χ0) is 97.6. The fraction of sp³-hybridized carbons (Fsp3) is 0.312. The van der Waals surface area contributed by atoms with Gasteiger partial charge in [-0.3, -0.25) is 74.5 Å². The number of rotatable bonds is 21. The number of nitrogens with zero attached hydrogens (tertiary/aromatic N) is 5. The first-order valence-electron chi connectivity index (χ1n) is 35.5. The number of phenolic OH excluding ortho intramolecular Hbond substituents is 2. The Morgan fingerprint density at radius 1 is 0.405 bits per heavy atom. The number of anilines is 8. The van der Waals surface area contributed by atoms with Crippen molar-refractivity contribution >= 4 is 307 Å². The van der Waals surface area contributed by atoms with Crippen molar-refractivity contribution in [1.82, 2.24) is 0 Å². The molecule has 126 heavy (non-hydrogen) atoms. The molecule has 0 atom stereocenters. The van der Waals surface area contributed by atoms with E-state index in [1.54, 1.807) is 79.8 Å². The van der Waals surface area contributed by atoms with Crippen molar-refractivity contribution in [3.05, 3.63) is 190 Å². The molecule has 0 saturated heterocycles. The molecule has 0 aromatic heterocycles. The molecule has 0 spiro atoms. The van der Waals surface area contributed by atoms with Gasteiger partial charge in [0.2, 0.25) is 29.5 Å². The molecular weight excluding hydrogens is 2540 g/mol. The van der Waals surface area contributed by atoms with Gasteiger partial charge in [0.1, 0.15) is 74.4 Å². The number of benzene rings is 8. The second kappa shape index (κ2) is 53.9. The normalized spacial score (nSPS) is 10.2.